The number of anilines is 1. The first-order valence-corrected chi connectivity index (χ1v) is 7.21. The largest absolute Gasteiger partial charge is 0.322 e. The molecule has 0 aromatic heterocycles. The molecule has 2 rings (SSSR count). The SMILES string of the molecule is CC(Cl)c1ccccc1NC(=O)c1ccc(Br)c(F)c1. The van der Waals surface area contributed by atoms with Crippen LogP contribution in [-0.4, -0.2) is 5.91 Å². The number of para-hydroxylation sites is 1. The van der Waals surface area contributed by atoms with Crippen LogP contribution in [-0.2, 0) is 0 Å². The number of hydrogen-bond donors (Lipinski definition) is 1. The number of halogens is 3. The van der Waals surface area contributed by atoms with Crippen LogP contribution in [0.2, 0.25) is 0 Å². The van der Waals surface area contributed by atoms with E-state index in [0.29, 0.717) is 10.2 Å². The van der Waals surface area contributed by atoms with Gasteiger partial charge in [0.25, 0.3) is 5.91 Å². The van der Waals surface area contributed by atoms with Crippen molar-refractivity contribution in [2.75, 3.05) is 5.32 Å². The van der Waals surface area contributed by atoms with Crippen LogP contribution in [0.3, 0.4) is 0 Å². The summed E-state index contributed by atoms with van der Waals surface area (Å²) in [7, 11) is 0. The van der Waals surface area contributed by atoms with E-state index < -0.39 is 5.82 Å². The molecule has 0 aliphatic carbocycles. The van der Waals surface area contributed by atoms with Crippen molar-refractivity contribution in [2.45, 2.75) is 12.3 Å². The first-order chi connectivity index (χ1) is 9.49. The fourth-order valence-corrected chi connectivity index (χ4v) is 2.23. The summed E-state index contributed by atoms with van der Waals surface area (Å²) in [5.74, 6) is -0.849. The van der Waals surface area contributed by atoms with Crippen LogP contribution < -0.4 is 5.32 Å². The second kappa shape index (κ2) is 6.37. The van der Waals surface area contributed by atoms with Crippen molar-refractivity contribution in [3.8, 4) is 0 Å². The van der Waals surface area contributed by atoms with Crippen molar-refractivity contribution >= 4 is 39.1 Å². The van der Waals surface area contributed by atoms with Gasteiger partial charge in [0, 0.05) is 11.3 Å². The lowest BCUT2D eigenvalue weighted by Gasteiger charge is -2.12. The van der Waals surface area contributed by atoms with E-state index in [4.69, 9.17) is 11.6 Å². The third kappa shape index (κ3) is 3.38. The van der Waals surface area contributed by atoms with Crippen molar-refractivity contribution in [3.05, 3.63) is 63.9 Å². The molecule has 1 amide bonds. The monoisotopic (exact) mass is 355 g/mol. The van der Waals surface area contributed by atoms with Crippen molar-refractivity contribution in [2.24, 2.45) is 0 Å². The summed E-state index contributed by atoms with van der Waals surface area (Å²) >= 11 is 9.12. The Morgan fingerprint density at radius 1 is 1.30 bits per heavy atom. The normalized spacial score (nSPS) is 12.0. The highest BCUT2D eigenvalue weighted by molar-refractivity contribution is 9.10. The minimum absolute atomic E-state index is 0.229. The van der Waals surface area contributed by atoms with Crippen molar-refractivity contribution in [1.82, 2.24) is 0 Å². The second-order valence-electron chi connectivity index (χ2n) is 4.29. The summed E-state index contributed by atoms with van der Waals surface area (Å²) in [6, 6.07) is 11.5. The third-order valence-corrected chi connectivity index (χ3v) is 3.70. The Hall–Kier alpha value is -1.39. The number of rotatable bonds is 3. The van der Waals surface area contributed by atoms with Crippen LogP contribution in [0.5, 0.6) is 0 Å². The van der Waals surface area contributed by atoms with E-state index in [9.17, 15) is 9.18 Å². The van der Waals surface area contributed by atoms with Gasteiger partial charge in [0.15, 0.2) is 0 Å². The van der Waals surface area contributed by atoms with Crippen molar-refractivity contribution in [1.29, 1.82) is 0 Å². The summed E-state index contributed by atoms with van der Waals surface area (Å²) in [4.78, 5) is 12.1. The van der Waals surface area contributed by atoms with Gasteiger partial charge in [-0.05, 0) is 52.7 Å². The molecule has 1 N–H and O–H groups in total. The molecule has 0 heterocycles. The molecule has 5 heteroatoms. The average molecular weight is 357 g/mol. The zero-order valence-corrected chi connectivity index (χ0v) is 13.0. The quantitative estimate of drug-likeness (QED) is 0.758. The zero-order chi connectivity index (χ0) is 14.7. The first-order valence-electron chi connectivity index (χ1n) is 5.98. The van der Waals surface area contributed by atoms with Crippen LogP contribution in [0, 0.1) is 5.82 Å². The Morgan fingerprint density at radius 3 is 2.65 bits per heavy atom. The molecule has 0 aliphatic rings. The highest BCUT2D eigenvalue weighted by Gasteiger charge is 2.13. The molecular weight excluding hydrogens is 345 g/mol. The lowest BCUT2D eigenvalue weighted by Crippen LogP contribution is -2.13. The van der Waals surface area contributed by atoms with E-state index in [1.165, 1.54) is 12.1 Å². The summed E-state index contributed by atoms with van der Waals surface area (Å²) in [5.41, 5.74) is 1.70. The van der Waals surface area contributed by atoms with E-state index in [0.717, 1.165) is 5.56 Å². The fourth-order valence-electron chi connectivity index (χ4n) is 1.79. The molecule has 1 atom stereocenters. The number of carbonyl (C=O) groups excluding carboxylic acids is 1. The van der Waals surface area contributed by atoms with E-state index >= 15 is 0 Å². The Labute approximate surface area is 130 Å². The Morgan fingerprint density at radius 2 is 2.00 bits per heavy atom. The minimum atomic E-state index is -0.475. The first kappa shape index (κ1) is 15.0. The smallest absolute Gasteiger partial charge is 0.255 e. The Balaban J connectivity index is 2.26. The standard InChI is InChI=1S/C15H12BrClFNO/c1-9(17)11-4-2-3-5-14(11)19-15(20)10-6-7-12(16)13(18)8-10/h2-9H,1H3,(H,19,20). The van der Waals surface area contributed by atoms with Gasteiger partial charge in [0.2, 0.25) is 0 Å². The number of amides is 1. The fraction of sp³-hybridized carbons (Fsp3) is 0.133. The van der Waals surface area contributed by atoms with Gasteiger partial charge in [-0.2, -0.15) is 0 Å². The predicted molar refractivity (Wildman–Crippen MR) is 82.8 cm³/mol. The number of alkyl halides is 1. The summed E-state index contributed by atoms with van der Waals surface area (Å²) < 4.78 is 13.8. The highest BCUT2D eigenvalue weighted by atomic mass is 79.9. The maximum Gasteiger partial charge on any atom is 0.255 e. The van der Waals surface area contributed by atoms with Gasteiger partial charge in [-0.3, -0.25) is 4.79 Å². The minimum Gasteiger partial charge on any atom is -0.322 e. The molecule has 0 bridgehead atoms. The Bertz CT molecular complexity index is 646. The van der Waals surface area contributed by atoms with Crippen LogP contribution >= 0.6 is 27.5 Å². The maximum atomic E-state index is 13.4. The number of benzene rings is 2. The lowest BCUT2D eigenvalue weighted by atomic mass is 10.1. The van der Waals surface area contributed by atoms with Gasteiger partial charge in [0.1, 0.15) is 5.82 Å². The van der Waals surface area contributed by atoms with E-state index in [2.05, 4.69) is 21.2 Å². The topological polar surface area (TPSA) is 29.1 Å². The average Bonchev–Trinajstić information content (AvgIpc) is 2.42. The summed E-state index contributed by atoms with van der Waals surface area (Å²) in [6.07, 6.45) is 0. The molecule has 20 heavy (non-hydrogen) atoms. The van der Waals surface area contributed by atoms with Crippen LogP contribution in [0.1, 0.15) is 28.2 Å². The Kier molecular flexibility index (Phi) is 4.78. The van der Waals surface area contributed by atoms with Gasteiger partial charge in [0.05, 0.1) is 9.85 Å². The molecule has 0 radical (unpaired) electrons. The van der Waals surface area contributed by atoms with E-state index in [1.54, 1.807) is 18.2 Å². The van der Waals surface area contributed by atoms with Gasteiger partial charge in [-0.1, -0.05) is 18.2 Å². The van der Waals surface area contributed by atoms with Crippen LogP contribution in [0.25, 0.3) is 0 Å². The molecule has 0 spiro atoms. The van der Waals surface area contributed by atoms with Crippen molar-refractivity contribution < 1.29 is 9.18 Å². The van der Waals surface area contributed by atoms with Crippen LogP contribution in [0.15, 0.2) is 46.9 Å². The highest BCUT2D eigenvalue weighted by Crippen LogP contribution is 2.27. The molecule has 2 nitrogen and oxygen atoms in total. The van der Waals surface area contributed by atoms with Gasteiger partial charge >= 0.3 is 0 Å². The number of hydrogen-bond acceptors (Lipinski definition) is 1. The molecule has 0 saturated carbocycles. The van der Waals surface area contributed by atoms with Crippen molar-refractivity contribution in [3.63, 3.8) is 0 Å². The van der Waals surface area contributed by atoms with Gasteiger partial charge in [-0.15, -0.1) is 11.6 Å². The molecule has 0 aliphatic heterocycles. The third-order valence-electron chi connectivity index (χ3n) is 2.82. The molecule has 2 aromatic rings. The summed E-state index contributed by atoms with van der Waals surface area (Å²) in [5, 5.41) is 2.52. The molecule has 0 saturated heterocycles. The number of nitrogens with one attached hydrogen (secondary N) is 1. The molecule has 104 valence electrons. The second-order valence-corrected chi connectivity index (χ2v) is 5.80. The molecule has 2 aromatic carbocycles. The maximum absolute atomic E-state index is 13.4. The van der Waals surface area contributed by atoms with Crippen LogP contribution in [0.4, 0.5) is 10.1 Å². The van der Waals surface area contributed by atoms with Gasteiger partial charge < -0.3 is 5.32 Å². The zero-order valence-electron chi connectivity index (χ0n) is 10.7. The van der Waals surface area contributed by atoms with Gasteiger partial charge in [-0.25, -0.2) is 4.39 Å². The molecular formula is C15H12BrClFNO. The van der Waals surface area contributed by atoms with E-state index in [1.807, 2.05) is 19.1 Å². The molecule has 0 fully saturated rings. The number of carbonyl (C=O) groups is 1. The summed E-state index contributed by atoms with van der Waals surface area (Å²) in [6.45, 7) is 1.83. The lowest BCUT2D eigenvalue weighted by molar-refractivity contribution is 0.102. The molecule has 1 unspecified atom stereocenters. The predicted octanol–water partition coefficient (Wildman–Crippen LogP) is 5.14. The van der Waals surface area contributed by atoms with E-state index in [-0.39, 0.29) is 16.8 Å².